The molecule has 0 spiro atoms. The van der Waals surface area contributed by atoms with Gasteiger partial charge in [-0.05, 0) is 49.9 Å². The van der Waals surface area contributed by atoms with E-state index in [2.05, 4.69) is 10.2 Å². The van der Waals surface area contributed by atoms with Crippen LogP contribution in [0.4, 0.5) is 11.4 Å². The molecule has 1 atom stereocenters. The Bertz CT molecular complexity index is 1190. The number of nitrogens with one attached hydrogen (secondary N) is 1. The second-order valence-electron chi connectivity index (χ2n) is 9.13. The lowest BCUT2D eigenvalue weighted by molar-refractivity contribution is -0.125. The summed E-state index contributed by atoms with van der Waals surface area (Å²) in [5, 5.41) is 2.90. The number of anilines is 2. The average Bonchev–Trinajstić information content (AvgIpc) is 2.86. The predicted octanol–water partition coefficient (Wildman–Crippen LogP) is 3.05. The fourth-order valence-corrected chi connectivity index (χ4v) is 6.36. The van der Waals surface area contributed by atoms with Crippen LogP contribution >= 0.6 is 0 Å². The van der Waals surface area contributed by atoms with Crippen molar-refractivity contribution < 1.29 is 18.0 Å². The van der Waals surface area contributed by atoms with Gasteiger partial charge in [0.2, 0.25) is 21.8 Å². The summed E-state index contributed by atoms with van der Waals surface area (Å²) < 4.78 is 27.8. The summed E-state index contributed by atoms with van der Waals surface area (Å²) >= 11 is 0. The van der Waals surface area contributed by atoms with E-state index in [1.165, 1.54) is 9.21 Å². The summed E-state index contributed by atoms with van der Waals surface area (Å²) in [5.41, 5.74) is 3.40. The van der Waals surface area contributed by atoms with Gasteiger partial charge in [-0.2, -0.15) is 4.31 Å². The number of piperidine rings is 1. The standard InChI is InChI=1S/C26H34N4O4S/c1-4-28(5-2)35(33,34)21-13-14-22-24(16-21)30(26(32)23-8-6-7-15-29(22)23)18-25(31)27-17-20-11-9-19(3)10-12-20/h9-14,16,23H,4-8,15,17-18H2,1-3H3,(H,27,31). The minimum absolute atomic E-state index is 0.133. The topological polar surface area (TPSA) is 90.0 Å². The van der Waals surface area contributed by atoms with Gasteiger partial charge in [0.25, 0.3) is 0 Å². The van der Waals surface area contributed by atoms with Crippen LogP contribution in [0.3, 0.4) is 0 Å². The van der Waals surface area contributed by atoms with E-state index in [0.29, 0.717) is 25.3 Å². The fraction of sp³-hybridized carbons (Fsp3) is 0.462. The van der Waals surface area contributed by atoms with Crippen molar-refractivity contribution in [2.75, 3.05) is 36.0 Å². The number of hydrogen-bond donors (Lipinski definition) is 1. The Labute approximate surface area is 207 Å². The molecule has 4 rings (SSSR count). The first-order chi connectivity index (χ1) is 16.8. The van der Waals surface area contributed by atoms with Crippen molar-refractivity contribution in [2.24, 2.45) is 0 Å². The Morgan fingerprint density at radius 2 is 1.77 bits per heavy atom. The van der Waals surface area contributed by atoms with E-state index in [9.17, 15) is 18.0 Å². The first-order valence-electron chi connectivity index (χ1n) is 12.3. The van der Waals surface area contributed by atoms with Crippen LogP contribution in [0.25, 0.3) is 0 Å². The molecule has 2 aromatic rings. The quantitative estimate of drug-likeness (QED) is 0.604. The van der Waals surface area contributed by atoms with Crippen LogP contribution in [0.5, 0.6) is 0 Å². The van der Waals surface area contributed by atoms with Gasteiger partial charge in [-0.3, -0.25) is 14.5 Å². The molecule has 0 radical (unpaired) electrons. The van der Waals surface area contributed by atoms with E-state index in [-0.39, 0.29) is 29.3 Å². The average molecular weight is 499 g/mol. The summed E-state index contributed by atoms with van der Waals surface area (Å²) in [6.45, 7) is 7.25. The number of nitrogens with zero attached hydrogens (tertiary/aromatic N) is 3. The largest absolute Gasteiger partial charge is 0.358 e. The zero-order valence-electron chi connectivity index (χ0n) is 20.7. The molecule has 0 bridgehead atoms. The molecule has 2 aliphatic heterocycles. The van der Waals surface area contributed by atoms with Gasteiger partial charge in [-0.1, -0.05) is 43.7 Å². The summed E-state index contributed by atoms with van der Waals surface area (Å²) in [6, 6.07) is 12.5. The molecule has 0 aliphatic carbocycles. The van der Waals surface area contributed by atoms with E-state index in [4.69, 9.17) is 0 Å². The molecule has 188 valence electrons. The van der Waals surface area contributed by atoms with Gasteiger partial charge in [-0.25, -0.2) is 8.42 Å². The highest BCUT2D eigenvalue weighted by Gasteiger charge is 2.40. The fourth-order valence-electron chi connectivity index (χ4n) is 4.88. The molecule has 0 saturated carbocycles. The van der Waals surface area contributed by atoms with Crippen LogP contribution in [0.15, 0.2) is 47.4 Å². The maximum absolute atomic E-state index is 13.5. The molecule has 1 unspecified atom stereocenters. The SMILES string of the molecule is CCN(CC)S(=O)(=O)c1ccc2c(c1)N(CC(=O)NCc1ccc(C)cc1)C(=O)C1CCCCN21. The van der Waals surface area contributed by atoms with Gasteiger partial charge in [-0.15, -0.1) is 0 Å². The molecule has 2 aromatic carbocycles. The van der Waals surface area contributed by atoms with Crippen molar-refractivity contribution in [3.63, 3.8) is 0 Å². The molecular formula is C26H34N4O4S. The van der Waals surface area contributed by atoms with Crippen LogP contribution in [0.1, 0.15) is 44.2 Å². The van der Waals surface area contributed by atoms with Crippen LogP contribution in [-0.2, 0) is 26.2 Å². The van der Waals surface area contributed by atoms with Gasteiger partial charge < -0.3 is 10.2 Å². The van der Waals surface area contributed by atoms with E-state index >= 15 is 0 Å². The maximum Gasteiger partial charge on any atom is 0.250 e. The molecule has 0 aromatic heterocycles. The highest BCUT2D eigenvalue weighted by Crippen LogP contribution is 2.41. The molecule has 9 heteroatoms. The Kier molecular flexibility index (Phi) is 7.47. The van der Waals surface area contributed by atoms with Gasteiger partial charge >= 0.3 is 0 Å². The van der Waals surface area contributed by atoms with E-state index in [0.717, 1.165) is 42.6 Å². The highest BCUT2D eigenvalue weighted by molar-refractivity contribution is 7.89. The molecule has 2 aliphatic rings. The van der Waals surface area contributed by atoms with Crippen LogP contribution in [-0.4, -0.2) is 56.8 Å². The summed E-state index contributed by atoms with van der Waals surface area (Å²) in [4.78, 5) is 30.1. The zero-order chi connectivity index (χ0) is 25.2. The normalized spacial score (nSPS) is 17.8. The molecule has 8 nitrogen and oxygen atoms in total. The number of amides is 2. The number of carbonyl (C=O) groups excluding carboxylic acids is 2. The molecule has 2 heterocycles. The highest BCUT2D eigenvalue weighted by atomic mass is 32.2. The van der Waals surface area contributed by atoms with E-state index < -0.39 is 10.0 Å². The maximum atomic E-state index is 13.5. The number of aryl methyl sites for hydroxylation is 1. The first kappa shape index (κ1) is 25.2. The third-order valence-electron chi connectivity index (χ3n) is 6.86. The smallest absolute Gasteiger partial charge is 0.250 e. The van der Waals surface area contributed by atoms with Crippen molar-refractivity contribution in [3.05, 3.63) is 53.6 Å². The van der Waals surface area contributed by atoms with Crippen LogP contribution < -0.4 is 15.1 Å². The van der Waals surface area contributed by atoms with Crippen LogP contribution in [0.2, 0.25) is 0 Å². The van der Waals surface area contributed by atoms with Gasteiger partial charge in [0.15, 0.2) is 0 Å². The predicted molar refractivity (Wildman–Crippen MR) is 137 cm³/mol. The van der Waals surface area contributed by atoms with Gasteiger partial charge in [0, 0.05) is 26.2 Å². The Morgan fingerprint density at radius 1 is 1.06 bits per heavy atom. The molecule has 1 saturated heterocycles. The monoisotopic (exact) mass is 498 g/mol. The van der Waals surface area contributed by atoms with Crippen molar-refractivity contribution in [2.45, 2.75) is 57.5 Å². The lowest BCUT2D eigenvalue weighted by Gasteiger charge is -2.45. The lowest BCUT2D eigenvalue weighted by atomic mass is 9.96. The lowest BCUT2D eigenvalue weighted by Crippen LogP contribution is -2.57. The van der Waals surface area contributed by atoms with E-state index in [1.54, 1.807) is 32.0 Å². The molecular weight excluding hydrogens is 464 g/mol. The van der Waals surface area contributed by atoms with Crippen molar-refractivity contribution in [3.8, 4) is 0 Å². The third kappa shape index (κ3) is 5.06. The van der Waals surface area contributed by atoms with Crippen molar-refractivity contribution in [1.29, 1.82) is 0 Å². The van der Waals surface area contributed by atoms with E-state index in [1.807, 2.05) is 31.2 Å². The summed E-state index contributed by atoms with van der Waals surface area (Å²) in [6.07, 6.45) is 2.64. The molecule has 2 amide bonds. The number of sulfonamides is 1. The third-order valence-corrected chi connectivity index (χ3v) is 8.90. The minimum Gasteiger partial charge on any atom is -0.358 e. The van der Waals surface area contributed by atoms with Crippen molar-refractivity contribution in [1.82, 2.24) is 9.62 Å². The molecule has 1 fully saturated rings. The number of hydrogen-bond acceptors (Lipinski definition) is 5. The van der Waals surface area contributed by atoms with Gasteiger partial charge in [0.05, 0.1) is 16.3 Å². The number of carbonyl (C=O) groups is 2. The second kappa shape index (κ2) is 10.4. The number of benzene rings is 2. The Morgan fingerprint density at radius 3 is 2.46 bits per heavy atom. The molecule has 35 heavy (non-hydrogen) atoms. The number of fused-ring (bicyclic) bond motifs is 3. The second-order valence-corrected chi connectivity index (χ2v) is 11.1. The van der Waals surface area contributed by atoms with Crippen LogP contribution in [0, 0.1) is 6.92 Å². The van der Waals surface area contributed by atoms with Crippen molar-refractivity contribution >= 4 is 33.2 Å². The summed E-state index contributed by atoms with van der Waals surface area (Å²) in [5.74, 6) is -0.439. The Balaban J connectivity index is 1.64. The zero-order valence-corrected chi connectivity index (χ0v) is 21.5. The first-order valence-corrected chi connectivity index (χ1v) is 13.7. The Hall–Kier alpha value is -2.91. The minimum atomic E-state index is -3.71. The summed E-state index contributed by atoms with van der Waals surface area (Å²) in [7, 11) is -3.71. The molecule has 1 N–H and O–H groups in total. The van der Waals surface area contributed by atoms with Gasteiger partial charge in [0.1, 0.15) is 12.6 Å². The number of rotatable bonds is 8.